The first-order valence-corrected chi connectivity index (χ1v) is 13.6. The van der Waals surface area contributed by atoms with E-state index >= 15 is 0 Å². The van der Waals surface area contributed by atoms with Gasteiger partial charge in [-0.2, -0.15) is 0 Å². The molecule has 2 aromatic carbocycles. The summed E-state index contributed by atoms with van der Waals surface area (Å²) >= 11 is 0. The van der Waals surface area contributed by atoms with Crippen molar-refractivity contribution < 1.29 is 4.74 Å². The second-order valence-electron chi connectivity index (χ2n) is 9.88. The van der Waals surface area contributed by atoms with E-state index in [1.54, 1.807) is 0 Å². The average molecular weight is 471 g/mol. The largest absolute Gasteiger partial charge is 0.496 e. The van der Waals surface area contributed by atoms with Gasteiger partial charge in [-0.05, 0) is 54.9 Å². The maximum Gasteiger partial charge on any atom is 0.129 e. The van der Waals surface area contributed by atoms with E-state index in [9.17, 15) is 0 Å². The van der Waals surface area contributed by atoms with Crippen LogP contribution in [0.4, 0.5) is 0 Å². The zero-order valence-electron chi connectivity index (χ0n) is 22.4. The molecule has 0 saturated carbocycles. The number of hydrogen-bond donors (Lipinski definition) is 0. The molecule has 0 spiro atoms. The van der Waals surface area contributed by atoms with Gasteiger partial charge < -0.3 is 4.74 Å². The Balaban J connectivity index is 1.69. The van der Waals surface area contributed by atoms with E-state index in [0.717, 1.165) is 49.4 Å². The number of nitrogens with zero attached hydrogens (tertiary/aromatic N) is 2. The molecular weight excluding hydrogens is 428 g/mol. The summed E-state index contributed by atoms with van der Waals surface area (Å²) < 4.78 is 6.06. The van der Waals surface area contributed by atoms with E-state index < -0.39 is 0 Å². The number of aryl methyl sites for hydroxylation is 2. The van der Waals surface area contributed by atoms with Gasteiger partial charge in [-0.1, -0.05) is 82.5 Å². The number of unbranched alkanes of at least 4 members (excludes halogenated alkanes) is 2. The summed E-state index contributed by atoms with van der Waals surface area (Å²) in [6.45, 7) is 10.9. The van der Waals surface area contributed by atoms with Gasteiger partial charge in [-0.3, -0.25) is 9.88 Å². The van der Waals surface area contributed by atoms with Crippen molar-refractivity contribution in [1.82, 2.24) is 9.88 Å². The molecule has 1 unspecified atom stereocenters. The number of hydrogen-bond acceptors (Lipinski definition) is 3. The zero-order valence-corrected chi connectivity index (χ0v) is 22.4. The normalized spacial score (nSPS) is 15.7. The van der Waals surface area contributed by atoms with Crippen molar-refractivity contribution >= 4 is 0 Å². The highest BCUT2D eigenvalue weighted by Crippen LogP contribution is 2.39. The molecule has 0 saturated heterocycles. The van der Waals surface area contributed by atoms with Gasteiger partial charge in [0.15, 0.2) is 0 Å². The van der Waals surface area contributed by atoms with Crippen molar-refractivity contribution in [3.63, 3.8) is 0 Å². The highest BCUT2D eigenvalue weighted by atomic mass is 16.5. The Bertz CT molecular complexity index is 1110. The zero-order chi connectivity index (χ0) is 24.8. The van der Waals surface area contributed by atoms with Gasteiger partial charge in [0, 0.05) is 42.0 Å². The van der Waals surface area contributed by atoms with Crippen LogP contribution in [-0.2, 0) is 25.8 Å². The molecule has 1 aromatic heterocycles. The third kappa shape index (κ3) is 5.30. The molecule has 0 radical (unpaired) electrons. The van der Waals surface area contributed by atoms with E-state index in [1.807, 2.05) is 7.11 Å². The lowest BCUT2D eigenvalue weighted by Gasteiger charge is -2.38. The van der Waals surface area contributed by atoms with Crippen LogP contribution >= 0.6 is 0 Å². The molecule has 1 aliphatic heterocycles. The van der Waals surface area contributed by atoms with Crippen molar-refractivity contribution in [3.05, 3.63) is 82.0 Å². The topological polar surface area (TPSA) is 25.4 Å². The van der Waals surface area contributed by atoms with Crippen LogP contribution in [-0.4, -0.2) is 23.5 Å². The van der Waals surface area contributed by atoms with Crippen LogP contribution in [0.3, 0.4) is 0 Å². The van der Waals surface area contributed by atoms with E-state index in [1.165, 1.54) is 59.1 Å². The predicted octanol–water partition coefficient (Wildman–Crippen LogP) is 7.87. The van der Waals surface area contributed by atoms with Gasteiger partial charge in [0.1, 0.15) is 5.75 Å². The molecule has 4 rings (SSSR count). The summed E-state index contributed by atoms with van der Waals surface area (Å²) in [5.41, 5.74) is 10.5. The van der Waals surface area contributed by atoms with Gasteiger partial charge in [0.2, 0.25) is 0 Å². The molecule has 0 aliphatic carbocycles. The van der Waals surface area contributed by atoms with Crippen LogP contribution in [0.1, 0.15) is 85.9 Å². The number of fused-ring (bicyclic) bond motifs is 1. The molecular formula is C32H42N2O. The van der Waals surface area contributed by atoms with Gasteiger partial charge >= 0.3 is 0 Å². The first-order valence-electron chi connectivity index (χ1n) is 13.6. The maximum absolute atomic E-state index is 6.06. The average Bonchev–Trinajstić information content (AvgIpc) is 2.89. The molecule has 35 heavy (non-hydrogen) atoms. The van der Waals surface area contributed by atoms with Crippen molar-refractivity contribution in [2.24, 2.45) is 0 Å². The van der Waals surface area contributed by atoms with Gasteiger partial charge in [-0.25, -0.2) is 0 Å². The fourth-order valence-electron chi connectivity index (χ4n) is 5.88. The summed E-state index contributed by atoms with van der Waals surface area (Å²) in [6.07, 6.45) is 10.2. The standard InChI is InChI=1S/C32H42N2O/c1-6-9-10-18-29-28-17-12-11-14-26(28)19-20-34(29)22-27-21-33-31(23(4)32(27)35-5)30-24(7-2)15-13-16-25(30)8-3/h11-17,21,29H,6-10,18-20,22H2,1-5H3. The Morgan fingerprint density at radius 3 is 2.37 bits per heavy atom. The summed E-state index contributed by atoms with van der Waals surface area (Å²) in [7, 11) is 1.81. The first kappa shape index (κ1) is 25.4. The van der Waals surface area contributed by atoms with Crippen molar-refractivity contribution in [3.8, 4) is 17.0 Å². The number of ether oxygens (including phenoxy) is 1. The number of benzene rings is 2. The molecule has 1 aliphatic rings. The van der Waals surface area contributed by atoms with Crippen molar-refractivity contribution in [2.45, 2.75) is 85.2 Å². The number of rotatable bonds is 10. The Labute approximate surface area is 212 Å². The van der Waals surface area contributed by atoms with Gasteiger partial charge in [0.25, 0.3) is 0 Å². The Kier molecular flexibility index (Phi) is 8.62. The number of methoxy groups -OCH3 is 1. The van der Waals surface area contributed by atoms with E-state index in [4.69, 9.17) is 9.72 Å². The van der Waals surface area contributed by atoms with Crippen LogP contribution in [0.25, 0.3) is 11.3 Å². The molecule has 186 valence electrons. The minimum Gasteiger partial charge on any atom is -0.496 e. The Hall–Kier alpha value is -2.65. The van der Waals surface area contributed by atoms with Crippen LogP contribution in [0.2, 0.25) is 0 Å². The third-order valence-electron chi connectivity index (χ3n) is 7.75. The van der Waals surface area contributed by atoms with Crippen LogP contribution < -0.4 is 4.74 Å². The molecule has 3 aromatic rings. The molecule has 2 heterocycles. The lowest BCUT2D eigenvalue weighted by molar-refractivity contribution is 0.162. The first-order chi connectivity index (χ1) is 17.1. The molecule has 1 atom stereocenters. The predicted molar refractivity (Wildman–Crippen MR) is 147 cm³/mol. The second kappa shape index (κ2) is 11.9. The second-order valence-corrected chi connectivity index (χ2v) is 9.88. The summed E-state index contributed by atoms with van der Waals surface area (Å²) in [5.74, 6) is 0.995. The fourth-order valence-corrected chi connectivity index (χ4v) is 5.88. The lowest BCUT2D eigenvalue weighted by Crippen LogP contribution is -2.35. The number of aromatic nitrogens is 1. The van der Waals surface area contributed by atoms with E-state index in [-0.39, 0.29) is 0 Å². The molecule has 0 N–H and O–H groups in total. The third-order valence-corrected chi connectivity index (χ3v) is 7.75. The van der Waals surface area contributed by atoms with Gasteiger partial charge in [-0.15, -0.1) is 0 Å². The van der Waals surface area contributed by atoms with Crippen molar-refractivity contribution in [1.29, 1.82) is 0 Å². The van der Waals surface area contributed by atoms with Crippen LogP contribution in [0.5, 0.6) is 5.75 Å². The Morgan fingerprint density at radius 1 is 0.943 bits per heavy atom. The SMILES string of the molecule is CCCCCC1c2ccccc2CCN1Cc1cnc(-c2c(CC)cccc2CC)c(C)c1OC. The smallest absolute Gasteiger partial charge is 0.129 e. The molecule has 0 bridgehead atoms. The molecule has 0 amide bonds. The maximum atomic E-state index is 6.06. The van der Waals surface area contributed by atoms with E-state index in [2.05, 4.69) is 81.3 Å². The molecule has 0 fully saturated rings. The molecule has 3 heteroatoms. The minimum atomic E-state index is 0.462. The monoisotopic (exact) mass is 470 g/mol. The lowest BCUT2D eigenvalue weighted by atomic mass is 9.88. The Morgan fingerprint density at radius 2 is 1.69 bits per heavy atom. The van der Waals surface area contributed by atoms with Crippen molar-refractivity contribution in [2.75, 3.05) is 13.7 Å². The quantitative estimate of drug-likeness (QED) is 0.282. The summed E-state index contributed by atoms with van der Waals surface area (Å²) in [5, 5.41) is 0. The van der Waals surface area contributed by atoms with Gasteiger partial charge in [0.05, 0.1) is 12.8 Å². The fraction of sp³-hybridized carbons (Fsp3) is 0.469. The van der Waals surface area contributed by atoms with E-state index in [0.29, 0.717) is 6.04 Å². The van der Waals surface area contributed by atoms with Crippen LogP contribution in [0, 0.1) is 6.92 Å². The highest BCUT2D eigenvalue weighted by molar-refractivity contribution is 5.73. The highest BCUT2D eigenvalue weighted by Gasteiger charge is 2.28. The van der Waals surface area contributed by atoms with Crippen LogP contribution in [0.15, 0.2) is 48.7 Å². The molecule has 3 nitrogen and oxygen atoms in total. The number of pyridine rings is 1. The summed E-state index contributed by atoms with van der Waals surface area (Å²) in [4.78, 5) is 7.74. The minimum absolute atomic E-state index is 0.462. The summed E-state index contributed by atoms with van der Waals surface area (Å²) in [6, 6.07) is 16.2.